The number of nitrogens with zero attached hydrogens (tertiary/aromatic N) is 1. The summed E-state index contributed by atoms with van der Waals surface area (Å²) in [5.74, 6) is -0.252. The van der Waals surface area contributed by atoms with Gasteiger partial charge in [0.1, 0.15) is 18.2 Å². The summed E-state index contributed by atoms with van der Waals surface area (Å²) in [5, 5.41) is 0. The Bertz CT molecular complexity index is 561. The topological polar surface area (TPSA) is 72.6 Å². The van der Waals surface area contributed by atoms with Gasteiger partial charge in [-0.2, -0.15) is 0 Å². The normalized spacial score (nSPS) is 15.8. The van der Waals surface area contributed by atoms with Gasteiger partial charge in [0.2, 0.25) is 6.41 Å². The molecule has 25 heavy (non-hydrogen) atoms. The van der Waals surface area contributed by atoms with Crippen molar-refractivity contribution in [3.63, 3.8) is 0 Å². The zero-order valence-electron chi connectivity index (χ0n) is 14.5. The van der Waals surface area contributed by atoms with Gasteiger partial charge >= 0.3 is 0 Å². The number of Topliss-reactive ketones (excluding diaryl/α,β-unsaturated/α-hetero) is 1. The summed E-state index contributed by atoms with van der Waals surface area (Å²) in [6.45, 7) is 0.388. The number of rotatable bonds is 11. The maximum absolute atomic E-state index is 13.2. The Morgan fingerprint density at radius 3 is 2.76 bits per heavy atom. The van der Waals surface area contributed by atoms with Gasteiger partial charge in [0.05, 0.1) is 6.04 Å². The van der Waals surface area contributed by atoms with Crippen LogP contribution in [0.4, 0.5) is 4.39 Å². The highest BCUT2D eigenvalue weighted by Crippen LogP contribution is 2.26. The van der Waals surface area contributed by atoms with Crippen molar-refractivity contribution in [2.45, 2.75) is 57.0 Å². The van der Waals surface area contributed by atoms with Crippen LogP contribution in [-0.4, -0.2) is 42.3 Å². The Morgan fingerprint density at radius 2 is 2.12 bits per heavy atom. The number of carbonyl (C=O) groups is 2. The molecule has 1 aliphatic rings. The lowest BCUT2D eigenvalue weighted by Gasteiger charge is -2.32. The summed E-state index contributed by atoms with van der Waals surface area (Å²) in [5.41, 5.74) is 5.54. The van der Waals surface area contributed by atoms with Crippen LogP contribution < -0.4 is 10.5 Å². The lowest BCUT2D eigenvalue weighted by molar-refractivity contribution is -0.135. The molecule has 0 heterocycles. The van der Waals surface area contributed by atoms with Crippen LogP contribution in [-0.2, 0) is 9.59 Å². The molecule has 0 spiro atoms. The van der Waals surface area contributed by atoms with E-state index in [2.05, 4.69) is 0 Å². The molecule has 6 heteroatoms. The summed E-state index contributed by atoms with van der Waals surface area (Å²) < 4.78 is 18.6. The van der Waals surface area contributed by atoms with E-state index in [1.807, 2.05) is 0 Å². The Morgan fingerprint density at radius 1 is 1.36 bits per heavy atom. The summed E-state index contributed by atoms with van der Waals surface area (Å²) in [6, 6.07) is 5.32. The molecule has 5 nitrogen and oxygen atoms in total. The first-order chi connectivity index (χ1) is 12.2. The minimum atomic E-state index is -0.499. The number of hydrogen-bond donors (Lipinski definition) is 1. The van der Waals surface area contributed by atoms with Gasteiger partial charge in [-0.25, -0.2) is 4.39 Å². The molecular weight excluding hydrogens is 323 g/mol. The number of benzene rings is 1. The Kier molecular flexibility index (Phi) is 7.85. The van der Waals surface area contributed by atoms with Gasteiger partial charge in [0.25, 0.3) is 0 Å². The third-order valence-corrected chi connectivity index (χ3v) is 4.71. The van der Waals surface area contributed by atoms with Gasteiger partial charge in [0.15, 0.2) is 5.78 Å². The van der Waals surface area contributed by atoms with Gasteiger partial charge in [0, 0.05) is 12.1 Å². The number of nitrogens with two attached hydrogens (primary N) is 1. The lowest BCUT2D eigenvalue weighted by Crippen LogP contribution is -2.47. The van der Waals surface area contributed by atoms with E-state index in [0.717, 1.165) is 44.9 Å². The fraction of sp³-hybridized carbons (Fsp3) is 0.579. The first-order valence-corrected chi connectivity index (χ1v) is 8.99. The van der Waals surface area contributed by atoms with Gasteiger partial charge < -0.3 is 15.4 Å². The standard InChI is InChI=1S/C19H27FN2O3/c20-15-6-5-9-17(12-15)25-13-19(24)18(10-3-4-11-21)22(14-23)16-7-1-2-8-16/h5-6,9,12,14,16,18H,1-4,7-8,10-11,13,21H2/t18-/m0/s1. The second-order valence-electron chi connectivity index (χ2n) is 6.50. The molecule has 0 unspecified atom stereocenters. The third-order valence-electron chi connectivity index (χ3n) is 4.71. The molecule has 138 valence electrons. The first-order valence-electron chi connectivity index (χ1n) is 8.99. The predicted molar refractivity (Wildman–Crippen MR) is 93.8 cm³/mol. The molecule has 1 aliphatic carbocycles. The average molecular weight is 350 g/mol. The van der Waals surface area contributed by atoms with Crippen LogP contribution >= 0.6 is 0 Å². The van der Waals surface area contributed by atoms with Crippen LogP contribution in [0.1, 0.15) is 44.9 Å². The lowest BCUT2D eigenvalue weighted by atomic mass is 10.0. The number of amides is 1. The minimum Gasteiger partial charge on any atom is -0.486 e. The smallest absolute Gasteiger partial charge is 0.210 e. The van der Waals surface area contributed by atoms with E-state index in [0.29, 0.717) is 18.7 Å². The maximum atomic E-state index is 13.2. The van der Waals surface area contributed by atoms with Crippen LogP contribution in [0.2, 0.25) is 0 Å². The van der Waals surface area contributed by atoms with Crippen LogP contribution in [0, 0.1) is 5.82 Å². The monoisotopic (exact) mass is 350 g/mol. The number of ether oxygens (including phenoxy) is 1. The second-order valence-corrected chi connectivity index (χ2v) is 6.50. The fourth-order valence-corrected chi connectivity index (χ4v) is 3.38. The molecule has 0 bridgehead atoms. The summed E-state index contributed by atoms with van der Waals surface area (Å²) >= 11 is 0. The van der Waals surface area contributed by atoms with Crippen LogP contribution in [0.5, 0.6) is 5.75 Å². The molecule has 0 aliphatic heterocycles. The summed E-state index contributed by atoms with van der Waals surface area (Å²) in [4.78, 5) is 26.0. The molecule has 1 fully saturated rings. The highest BCUT2D eigenvalue weighted by molar-refractivity contribution is 5.87. The van der Waals surface area contributed by atoms with Crippen molar-refractivity contribution >= 4 is 12.2 Å². The van der Waals surface area contributed by atoms with Gasteiger partial charge in [-0.3, -0.25) is 9.59 Å². The van der Waals surface area contributed by atoms with E-state index in [4.69, 9.17) is 10.5 Å². The number of ketones is 1. The van der Waals surface area contributed by atoms with Crippen molar-refractivity contribution < 1.29 is 18.7 Å². The van der Waals surface area contributed by atoms with E-state index < -0.39 is 11.9 Å². The Hall–Kier alpha value is -1.95. The average Bonchev–Trinajstić information content (AvgIpc) is 3.13. The molecule has 1 atom stereocenters. The minimum absolute atomic E-state index is 0.124. The molecule has 0 saturated heterocycles. The molecule has 1 amide bonds. The molecule has 1 aromatic carbocycles. The van der Waals surface area contributed by atoms with Crippen molar-refractivity contribution in [3.05, 3.63) is 30.1 Å². The quantitative estimate of drug-likeness (QED) is 0.492. The number of halogens is 1. The van der Waals surface area contributed by atoms with Crippen LogP contribution in [0.3, 0.4) is 0 Å². The van der Waals surface area contributed by atoms with Gasteiger partial charge in [-0.15, -0.1) is 0 Å². The Balaban J connectivity index is 2.01. The highest BCUT2D eigenvalue weighted by Gasteiger charge is 2.31. The van der Waals surface area contributed by atoms with Crippen molar-refractivity contribution in [2.24, 2.45) is 5.73 Å². The first kappa shape index (κ1) is 19.4. The second kappa shape index (κ2) is 10.1. The van der Waals surface area contributed by atoms with Crippen molar-refractivity contribution in [3.8, 4) is 5.75 Å². The summed E-state index contributed by atoms with van der Waals surface area (Å²) in [7, 11) is 0. The van der Waals surface area contributed by atoms with Crippen LogP contribution in [0.25, 0.3) is 0 Å². The van der Waals surface area contributed by atoms with Crippen LogP contribution in [0.15, 0.2) is 24.3 Å². The predicted octanol–water partition coefficient (Wildman–Crippen LogP) is 2.67. The molecule has 2 N–H and O–H groups in total. The molecule has 0 radical (unpaired) electrons. The molecular formula is C19H27FN2O3. The van der Waals surface area contributed by atoms with Gasteiger partial charge in [-0.1, -0.05) is 18.9 Å². The molecule has 1 aromatic rings. The number of carbonyl (C=O) groups excluding carboxylic acids is 2. The largest absolute Gasteiger partial charge is 0.486 e. The maximum Gasteiger partial charge on any atom is 0.210 e. The van der Waals surface area contributed by atoms with E-state index in [1.54, 1.807) is 11.0 Å². The SMILES string of the molecule is NCCCC[C@@H](C(=O)COc1cccc(F)c1)N(C=O)C1CCCC1. The zero-order valence-corrected chi connectivity index (χ0v) is 14.5. The highest BCUT2D eigenvalue weighted by atomic mass is 19.1. The zero-order chi connectivity index (χ0) is 18.1. The Labute approximate surface area is 148 Å². The van der Waals surface area contributed by atoms with E-state index in [9.17, 15) is 14.0 Å². The summed E-state index contributed by atoms with van der Waals surface area (Å²) in [6.07, 6.45) is 7.00. The fourth-order valence-electron chi connectivity index (χ4n) is 3.38. The number of hydrogen-bond acceptors (Lipinski definition) is 4. The van der Waals surface area contributed by atoms with E-state index >= 15 is 0 Å². The number of unbranched alkanes of at least 4 members (excludes halogenated alkanes) is 1. The van der Waals surface area contributed by atoms with E-state index in [-0.39, 0.29) is 18.4 Å². The van der Waals surface area contributed by atoms with Crippen molar-refractivity contribution in [2.75, 3.05) is 13.2 Å². The molecule has 1 saturated carbocycles. The van der Waals surface area contributed by atoms with Crippen molar-refractivity contribution in [1.29, 1.82) is 0 Å². The molecule has 0 aromatic heterocycles. The molecule has 2 rings (SSSR count). The van der Waals surface area contributed by atoms with Gasteiger partial charge in [-0.05, 0) is 50.8 Å². The van der Waals surface area contributed by atoms with E-state index in [1.165, 1.54) is 18.2 Å². The van der Waals surface area contributed by atoms with Crippen molar-refractivity contribution in [1.82, 2.24) is 4.90 Å². The third kappa shape index (κ3) is 5.81.